The van der Waals surface area contributed by atoms with Crippen molar-refractivity contribution in [1.82, 2.24) is 19.3 Å². The van der Waals surface area contributed by atoms with Gasteiger partial charge in [-0.15, -0.1) is 0 Å². The highest BCUT2D eigenvalue weighted by Crippen LogP contribution is 2.18. The van der Waals surface area contributed by atoms with E-state index in [9.17, 15) is 5.11 Å². The Morgan fingerprint density at radius 1 is 1.40 bits per heavy atom. The van der Waals surface area contributed by atoms with Gasteiger partial charge in [0.05, 0.1) is 12.3 Å². The third-order valence-electron chi connectivity index (χ3n) is 2.53. The molecular weight excluding hydrogens is 192 g/mol. The number of hydrogen-bond acceptors (Lipinski definition) is 3. The van der Waals surface area contributed by atoms with Gasteiger partial charge in [0.25, 0.3) is 0 Å². The Bertz CT molecular complexity index is 484. The van der Waals surface area contributed by atoms with E-state index in [1.54, 1.807) is 10.9 Å². The summed E-state index contributed by atoms with van der Waals surface area (Å²) in [6.45, 7) is 3.80. The number of hydrogen-bond donors (Lipinski definition) is 1. The van der Waals surface area contributed by atoms with E-state index in [2.05, 4.69) is 10.1 Å². The largest absolute Gasteiger partial charge is 0.391 e. The standard InChI is InChI=1S/C10H14N4O/c1-7-9(6-15)10(13(3)12-7)14-5-4-11-8(14)2/h4-5,15H,6H2,1-3H3. The molecule has 0 spiro atoms. The SMILES string of the molecule is Cc1nn(C)c(-n2ccnc2C)c1CO. The zero-order valence-corrected chi connectivity index (χ0v) is 9.10. The minimum absolute atomic E-state index is 0.00731. The van der Waals surface area contributed by atoms with Gasteiger partial charge in [0.2, 0.25) is 0 Å². The van der Waals surface area contributed by atoms with Crippen molar-refractivity contribution in [3.05, 3.63) is 29.5 Å². The van der Waals surface area contributed by atoms with Gasteiger partial charge in [-0.25, -0.2) is 4.98 Å². The highest BCUT2D eigenvalue weighted by atomic mass is 16.3. The van der Waals surface area contributed by atoms with Gasteiger partial charge >= 0.3 is 0 Å². The number of aliphatic hydroxyl groups excluding tert-OH is 1. The quantitative estimate of drug-likeness (QED) is 0.787. The van der Waals surface area contributed by atoms with Crippen molar-refractivity contribution in [3.8, 4) is 5.82 Å². The molecule has 80 valence electrons. The third-order valence-corrected chi connectivity index (χ3v) is 2.53. The van der Waals surface area contributed by atoms with Crippen LogP contribution in [0, 0.1) is 13.8 Å². The summed E-state index contributed by atoms with van der Waals surface area (Å²) in [6.07, 6.45) is 3.60. The van der Waals surface area contributed by atoms with Crippen molar-refractivity contribution >= 4 is 0 Å². The molecule has 0 aliphatic carbocycles. The van der Waals surface area contributed by atoms with Crippen molar-refractivity contribution < 1.29 is 5.11 Å². The third kappa shape index (κ3) is 1.45. The van der Waals surface area contributed by atoms with Crippen molar-refractivity contribution in [2.75, 3.05) is 0 Å². The summed E-state index contributed by atoms with van der Waals surface area (Å²) in [7, 11) is 1.86. The van der Waals surface area contributed by atoms with E-state index in [-0.39, 0.29) is 6.61 Å². The Morgan fingerprint density at radius 2 is 2.13 bits per heavy atom. The summed E-state index contributed by atoms with van der Waals surface area (Å²) in [4.78, 5) is 4.16. The average molecular weight is 206 g/mol. The maximum Gasteiger partial charge on any atom is 0.141 e. The second kappa shape index (κ2) is 3.51. The molecule has 0 aliphatic rings. The molecule has 0 fully saturated rings. The second-order valence-electron chi connectivity index (χ2n) is 3.51. The lowest BCUT2D eigenvalue weighted by atomic mass is 10.2. The van der Waals surface area contributed by atoms with Crippen LogP contribution in [0.15, 0.2) is 12.4 Å². The Morgan fingerprint density at radius 3 is 2.67 bits per heavy atom. The number of imidazole rings is 1. The van der Waals surface area contributed by atoms with E-state index < -0.39 is 0 Å². The van der Waals surface area contributed by atoms with Crippen LogP contribution in [-0.4, -0.2) is 24.4 Å². The molecule has 2 rings (SSSR count). The number of aliphatic hydroxyl groups is 1. The fraction of sp³-hybridized carbons (Fsp3) is 0.400. The molecule has 0 aliphatic heterocycles. The molecule has 15 heavy (non-hydrogen) atoms. The van der Waals surface area contributed by atoms with Crippen LogP contribution in [0.25, 0.3) is 5.82 Å². The molecule has 2 heterocycles. The fourth-order valence-corrected chi connectivity index (χ4v) is 1.78. The molecule has 0 amide bonds. The number of rotatable bonds is 2. The number of aromatic nitrogens is 4. The van der Waals surface area contributed by atoms with E-state index in [1.807, 2.05) is 31.7 Å². The van der Waals surface area contributed by atoms with Crippen molar-refractivity contribution in [3.63, 3.8) is 0 Å². The smallest absolute Gasteiger partial charge is 0.141 e. The zero-order valence-electron chi connectivity index (χ0n) is 9.10. The van der Waals surface area contributed by atoms with Crippen molar-refractivity contribution in [2.24, 2.45) is 7.05 Å². The molecule has 0 saturated carbocycles. The molecule has 5 nitrogen and oxygen atoms in total. The highest BCUT2D eigenvalue weighted by Gasteiger charge is 2.14. The first-order valence-electron chi connectivity index (χ1n) is 4.78. The first-order valence-corrected chi connectivity index (χ1v) is 4.78. The minimum atomic E-state index is -0.00731. The van der Waals surface area contributed by atoms with Gasteiger partial charge < -0.3 is 5.11 Å². The summed E-state index contributed by atoms with van der Waals surface area (Å²) in [5.74, 6) is 1.76. The zero-order chi connectivity index (χ0) is 11.0. The maximum absolute atomic E-state index is 9.32. The van der Waals surface area contributed by atoms with Gasteiger partial charge in [0.1, 0.15) is 11.6 Å². The summed E-state index contributed by atoms with van der Waals surface area (Å²) >= 11 is 0. The van der Waals surface area contributed by atoms with Gasteiger partial charge in [0, 0.05) is 25.0 Å². The molecule has 5 heteroatoms. The minimum Gasteiger partial charge on any atom is -0.391 e. The van der Waals surface area contributed by atoms with Crippen LogP contribution in [0.3, 0.4) is 0 Å². The normalized spacial score (nSPS) is 10.9. The first-order chi connectivity index (χ1) is 7.15. The van der Waals surface area contributed by atoms with E-state index in [1.165, 1.54) is 0 Å². The molecule has 0 radical (unpaired) electrons. The molecule has 2 aromatic rings. The van der Waals surface area contributed by atoms with Crippen LogP contribution >= 0.6 is 0 Å². The summed E-state index contributed by atoms with van der Waals surface area (Å²) in [5, 5.41) is 13.6. The molecule has 0 aromatic carbocycles. The Hall–Kier alpha value is -1.62. The lowest BCUT2D eigenvalue weighted by Crippen LogP contribution is -2.06. The van der Waals surface area contributed by atoms with E-state index in [0.717, 1.165) is 22.9 Å². The van der Waals surface area contributed by atoms with Crippen LogP contribution in [0.2, 0.25) is 0 Å². The molecule has 0 atom stereocenters. The second-order valence-corrected chi connectivity index (χ2v) is 3.51. The topological polar surface area (TPSA) is 55.9 Å². The van der Waals surface area contributed by atoms with E-state index in [0.29, 0.717) is 0 Å². The van der Waals surface area contributed by atoms with Crippen LogP contribution in [0.1, 0.15) is 17.1 Å². The molecular formula is C10H14N4O. The average Bonchev–Trinajstić information content (AvgIpc) is 2.70. The predicted molar refractivity (Wildman–Crippen MR) is 55.7 cm³/mol. The molecule has 0 unspecified atom stereocenters. The van der Waals surface area contributed by atoms with Crippen LogP contribution in [-0.2, 0) is 13.7 Å². The van der Waals surface area contributed by atoms with Gasteiger partial charge in [-0.05, 0) is 13.8 Å². The van der Waals surface area contributed by atoms with E-state index in [4.69, 9.17) is 0 Å². The Labute approximate surface area is 88.0 Å². The summed E-state index contributed by atoms with van der Waals surface area (Å²) in [5.41, 5.74) is 1.70. The van der Waals surface area contributed by atoms with Crippen LogP contribution in [0.5, 0.6) is 0 Å². The molecule has 0 bridgehead atoms. The summed E-state index contributed by atoms with van der Waals surface area (Å²) in [6, 6.07) is 0. The molecule has 2 aromatic heterocycles. The van der Waals surface area contributed by atoms with E-state index >= 15 is 0 Å². The highest BCUT2D eigenvalue weighted by molar-refractivity contribution is 5.38. The first kappa shape index (κ1) is 9.92. The van der Waals surface area contributed by atoms with Crippen molar-refractivity contribution in [2.45, 2.75) is 20.5 Å². The van der Waals surface area contributed by atoms with Crippen LogP contribution < -0.4 is 0 Å². The predicted octanol–water partition coefficient (Wildman–Crippen LogP) is 0.715. The lowest BCUT2D eigenvalue weighted by Gasteiger charge is -2.07. The lowest BCUT2D eigenvalue weighted by molar-refractivity contribution is 0.280. The van der Waals surface area contributed by atoms with Gasteiger partial charge in [0.15, 0.2) is 0 Å². The number of nitrogens with zero attached hydrogens (tertiary/aromatic N) is 4. The van der Waals surface area contributed by atoms with Gasteiger partial charge in [-0.2, -0.15) is 5.10 Å². The van der Waals surface area contributed by atoms with Gasteiger partial charge in [-0.3, -0.25) is 9.25 Å². The maximum atomic E-state index is 9.32. The Balaban J connectivity index is 2.67. The van der Waals surface area contributed by atoms with Gasteiger partial charge in [-0.1, -0.05) is 0 Å². The molecule has 1 N–H and O–H groups in total. The fourth-order valence-electron chi connectivity index (χ4n) is 1.78. The van der Waals surface area contributed by atoms with Crippen LogP contribution in [0.4, 0.5) is 0 Å². The summed E-state index contributed by atoms with van der Waals surface area (Å²) < 4.78 is 3.68. The molecule has 0 saturated heterocycles. The Kier molecular flexibility index (Phi) is 2.32. The van der Waals surface area contributed by atoms with Crippen molar-refractivity contribution in [1.29, 1.82) is 0 Å². The number of aryl methyl sites for hydroxylation is 3. The monoisotopic (exact) mass is 206 g/mol.